The Morgan fingerprint density at radius 2 is 1.95 bits per heavy atom. The van der Waals surface area contributed by atoms with Crippen molar-refractivity contribution >= 4 is 15.7 Å². The zero-order chi connectivity index (χ0) is 15.8. The van der Waals surface area contributed by atoms with Crippen molar-refractivity contribution in [1.82, 2.24) is 10.2 Å². The summed E-state index contributed by atoms with van der Waals surface area (Å²) in [5.74, 6) is -0.0547. The third kappa shape index (κ3) is 3.03. The molecule has 1 spiro atoms. The Balaban J connectivity index is 1.78. The third-order valence-electron chi connectivity index (χ3n) is 4.90. The molecule has 0 unspecified atom stereocenters. The molecule has 6 heteroatoms. The molecule has 2 aliphatic heterocycles. The first-order valence-corrected chi connectivity index (χ1v) is 9.59. The molecular formula is C16H22N2O3S. The second-order valence-electron chi connectivity index (χ2n) is 6.53. The molecule has 0 bridgehead atoms. The quantitative estimate of drug-likeness (QED) is 0.891. The third-order valence-corrected chi connectivity index (χ3v) is 6.01. The van der Waals surface area contributed by atoms with Crippen LogP contribution in [0, 0.1) is 5.41 Å². The summed E-state index contributed by atoms with van der Waals surface area (Å²) >= 11 is 0. The number of hydrogen-bond donors (Lipinski definition) is 1. The molecule has 1 N–H and O–H groups in total. The van der Waals surface area contributed by atoms with Crippen molar-refractivity contribution in [2.45, 2.75) is 24.2 Å². The Hall–Kier alpha value is -1.40. The Bertz CT molecular complexity index is 678. The molecule has 2 fully saturated rings. The Morgan fingerprint density at radius 1 is 1.23 bits per heavy atom. The van der Waals surface area contributed by atoms with Gasteiger partial charge in [-0.1, -0.05) is 6.07 Å². The van der Waals surface area contributed by atoms with Crippen LogP contribution in [-0.2, 0) is 9.84 Å². The largest absolute Gasteiger partial charge is 0.338 e. The van der Waals surface area contributed by atoms with Gasteiger partial charge in [-0.15, -0.1) is 0 Å². The summed E-state index contributed by atoms with van der Waals surface area (Å²) in [7, 11) is -3.29. The van der Waals surface area contributed by atoms with Gasteiger partial charge in [0.05, 0.1) is 4.90 Å². The van der Waals surface area contributed by atoms with Gasteiger partial charge in [-0.25, -0.2) is 8.42 Å². The predicted molar refractivity (Wildman–Crippen MR) is 84.6 cm³/mol. The first kappa shape index (κ1) is 15.5. The average molecular weight is 322 g/mol. The fourth-order valence-electron chi connectivity index (χ4n) is 3.52. The minimum Gasteiger partial charge on any atom is -0.338 e. The van der Waals surface area contributed by atoms with E-state index in [9.17, 15) is 13.2 Å². The van der Waals surface area contributed by atoms with Crippen LogP contribution in [0.2, 0.25) is 0 Å². The van der Waals surface area contributed by atoms with Crippen LogP contribution < -0.4 is 5.32 Å². The van der Waals surface area contributed by atoms with Gasteiger partial charge in [-0.3, -0.25) is 4.79 Å². The van der Waals surface area contributed by atoms with Gasteiger partial charge < -0.3 is 10.2 Å². The van der Waals surface area contributed by atoms with Crippen LogP contribution >= 0.6 is 0 Å². The summed E-state index contributed by atoms with van der Waals surface area (Å²) in [6.07, 6.45) is 4.43. The smallest absolute Gasteiger partial charge is 0.253 e. The number of rotatable bonds is 2. The summed E-state index contributed by atoms with van der Waals surface area (Å²) in [5, 5.41) is 3.37. The van der Waals surface area contributed by atoms with E-state index in [1.807, 2.05) is 4.90 Å². The highest BCUT2D eigenvalue weighted by molar-refractivity contribution is 7.90. The van der Waals surface area contributed by atoms with Crippen molar-refractivity contribution in [3.63, 3.8) is 0 Å². The second-order valence-corrected chi connectivity index (χ2v) is 8.54. The van der Waals surface area contributed by atoms with E-state index in [-0.39, 0.29) is 16.2 Å². The molecule has 0 radical (unpaired) electrons. The van der Waals surface area contributed by atoms with Crippen molar-refractivity contribution in [3.8, 4) is 0 Å². The Morgan fingerprint density at radius 3 is 2.64 bits per heavy atom. The molecule has 5 nitrogen and oxygen atoms in total. The molecule has 0 aliphatic carbocycles. The van der Waals surface area contributed by atoms with Gasteiger partial charge in [0, 0.05) is 24.9 Å². The number of sulfone groups is 1. The molecule has 1 aromatic carbocycles. The zero-order valence-corrected chi connectivity index (χ0v) is 13.7. The van der Waals surface area contributed by atoms with Crippen LogP contribution in [0.1, 0.15) is 29.6 Å². The monoisotopic (exact) mass is 322 g/mol. The highest BCUT2D eigenvalue weighted by Gasteiger charge is 2.40. The second kappa shape index (κ2) is 5.66. The lowest BCUT2D eigenvalue weighted by atomic mass is 9.78. The van der Waals surface area contributed by atoms with Crippen LogP contribution in [0.3, 0.4) is 0 Å². The summed E-state index contributed by atoms with van der Waals surface area (Å²) in [6, 6.07) is 6.36. The average Bonchev–Trinajstić information content (AvgIpc) is 2.90. The van der Waals surface area contributed by atoms with Gasteiger partial charge in [0.1, 0.15) is 0 Å². The molecule has 1 amide bonds. The van der Waals surface area contributed by atoms with E-state index in [2.05, 4.69) is 5.32 Å². The molecule has 22 heavy (non-hydrogen) atoms. The van der Waals surface area contributed by atoms with Crippen molar-refractivity contribution in [1.29, 1.82) is 0 Å². The predicted octanol–water partition coefficient (Wildman–Crippen LogP) is 1.31. The maximum absolute atomic E-state index is 12.7. The molecule has 2 saturated heterocycles. The highest BCUT2D eigenvalue weighted by atomic mass is 32.2. The number of benzene rings is 1. The number of piperidine rings is 1. The summed E-state index contributed by atoms with van der Waals surface area (Å²) in [4.78, 5) is 14.8. The molecule has 2 aliphatic rings. The molecule has 0 aromatic heterocycles. The van der Waals surface area contributed by atoms with Crippen LogP contribution in [0.15, 0.2) is 29.2 Å². The zero-order valence-electron chi connectivity index (χ0n) is 12.8. The fraction of sp³-hybridized carbons (Fsp3) is 0.562. The maximum Gasteiger partial charge on any atom is 0.253 e. The van der Waals surface area contributed by atoms with Crippen molar-refractivity contribution in [2.24, 2.45) is 5.41 Å². The van der Waals surface area contributed by atoms with E-state index in [1.165, 1.54) is 12.1 Å². The lowest BCUT2D eigenvalue weighted by molar-refractivity contribution is 0.0761. The van der Waals surface area contributed by atoms with Crippen molar-refractivity contribution in [2.75, 3.05) is 32.4 Å². The lowest BCUT2D eigenvalue weighted by Gasteiger charge is -2.33. The number of nitrogens with one attached hydrogen (secondary N) is 1. The Labute approximate surface area is 131 Å². The van der Waals surface area contributed by atoms with E-state index in [1.54, 1.807) is 12.1 Å². The topological polar surface area (TPSA) is 66.5 Å². The minimum absolute atomic E-state index is 0.0547. The highest BCUT2D eigenvalue weighted by Crippen LogP contribution is 2.39. The lowest BCUT2D eigenvalue weighted by Crippen LogP contribution is -2.39. The van der Waals surface area contributed by atoms with E-state index < -0.39 is 9.84 Å². The van der Waals surface area contributed by atoms with Gasteiger partial charge in [-0.2, -0.15) is 0 Å². The maximum atomic E-state index is 12.7. The first-order chi connectivity index (χ1) is 10.4. The fourth-order valence-corrected chi connectivity index (χ4v) is 4.18. The van der Waals surface area contributed by atoms with E-state index in [4.69, 9.17) is 0 Å². The molecule has 120 valence electrons. The normalized spacial score (nSPS) is 21.2. The molecule has 0 saturated carbocycles. The minimum atomic E-state index is -3.29. The number of likely N-dealkylation sites (tertiary alicyclic amines) is 1. The Kier molecular flexibility index (Phi) is 3.99. The van der Waals surface area contributed by atoms with Crippen LogP contribution in [0.5, 0.6) is 0 Å². The molecule has 0 atom stereocenters. The SMILES string of the molecule is CS(=O)(=O)c1cccc(C(=O)N2CCC3(CCNCC3)C2)c1. The van der Waals surface area contributed by atoms with Gasteiger partial charge in [-0.05, 0) is 56.0 Å². The van der Waals surface area contributed by atoms with Crippen LogP contribution in [0.4, 0.5) is 0 Å². The summed E-state index contributed by atoms with van der Waals surface area (Å²) < 4.78 is 23.3. The van der Waals surface area contributed by atoms with Crippen LogP contribution in [-0.4, -0.2) is 51.7 Å². The van der Waals surface area contributed by atoms with Gasteiger partial charge in [0.25, 0.3) is 5.91 Å². The summed E-state index contributed by atoms with van der Waals surface area (Å²) in [6.45, 7) is 3.59. The summed E-state index contributed by atoms with van der Waals surface area (Å²) in [5.41, 5.74) is 0.726. The molecule has 2 heterocycles. The standard InChI is InChI=1S/C16H22N2O3S/c1-22(20,21)14-4-2-3-13(11-14)15(19)18-10-7-16(12-18)5-8-17-9-6-16/h2-4,11,17H,5-10,12H2,1H3. The first-order valence-electron chi connectivity index (χ1n) is 7.70. The number of carbonyl (C=O) groups excluding carboxylic acids is 1. The number of nitrogens with zero attached hydrogens (tertiary/aromatic N) is 1. The molecular weight excluding hydrogens is 300 g/mol. The number of hydrogen-bond acceptors (Lipinski definition) is 4. The van der Waals surface area contributed by atoms with Crippen molar-refractivity contribution in [3.05, 3.63) is 29.8 Å². The molecule has 3 rings (SSSR count). The number of carbonyl (C=O) groups is 1. The molecule has 1 aromatic rings. The van der Waals surface area contributed by atoms with E-state index in [0.29, 0.717) is 5.56 Å². The van der Waals surface area contributed by atoms with Gasteiger partial charge >= 0.3 is 0 Å². The van der Waals surface area contributed by atoms with Gasteiger partial charge in [0.2, 0.25) is 0 Å². The van der Waals surface area contributed by atoms with Gasteiger partial charge in [0.15, 0.2) is 9.84 Å². The van der Waals surface area contributed by atoms with E-state index in [0.717, 1.165) is 51.7 Å². The van der Waals surface area contributed by atoms with Crippen molar-refractivity contribution < 1.29 is 13.2 Å². The van der Waals surface area contributed by atoms with Crippen LogP contribution in [0.25, 0.3) is 0 Å². The number of amides is 1. The van der Waals surface area contributed by atoms with E-state index >= 15 is 0 Å².